The van der Waals surface area contributed by atoms with Crippen LogP contribution in [-0.2, 0) is 11.3 Å². The molecule has 6 nitrogen and oxygen atoms in total. The molecule has 2 N–H and O–H groups in total. The van der Waals surface area contributed by atoms with E-state index in [9.17, 15) is 9.90 Å². The number of carbonyl (C=O) groups excluding carboxylic acids is 1. The second kappa shape index (κ2) is 8.43. The second-order valence-corrected chi connectivity index (χ2v) is 5.62. The van der Waals surface area contributed by atoms with Gasteiger partial charge in [0.15, 0.2) is 0 Å². The predicted molar refractivity (Wildman–Crippen MR) is 88.5 cm³/mol. The lowest BCUT2D eigenvalue weighted by Crippen LogP contribution is -2.37. The lowest BCUT2D eigenvalue weighted by molar-refractivity contribution is -0.122. The Balaban J connectivity index is 1.85. The van der Waals surface area contributed by atoms with Crippen molar-refractivity contribution in [2.24, 2.45) is 5.92 Å². The van der Waals surface area contributed by atoms with E-state index in [1.54, 1.807) is 6.20 Å². The standard InChI is InChI=1S/C17H24N4O2/c1-3-13(4-2)16(22)10-18-17(23)12-21-11-15(19-20-21)14-8-6-5-7-9-14/h5-9,11,13,16,22H,3-4,10,12H2,1-2H3,(H,18,23). The van der Waals surface area contributed by atoms with Crippen molar-refractivity contribution in [3.8, 4) is 11.3 Å². The van der Waals surface area contributed by atoms with Crippen molar-refractivity contribution in [1.82, 2.24) is 20.3 Å². The van der Waals surface area contributed by atoms with Crippen LogP contribution in [0.15, 0.2) is 36.5 Å². The average Bonchev–Trinajstić information content (AvgIpc) is 3.03. The molecule has 0 saturated carbocycles. The third-order valence-electron chi connectivity index (χ3n) is 4.02. The van der Waals surface area contributed by atoms with Gasteiger partial charge in [0.1, 0.15) is 12.2 Å². The highest BCUT2D eigenvalue weighted by molar-refractivity contribution is 5.75. The van der Waals surface area contributed by atoms with Crippen LogP contribution in [0, 0.1) is 5.92 Å². The van der Waals surface area contributed by atoms with E-state index in [1.807, 2.05) is 44.2 Å². The molecule has 0 aliphatic heterocycles. The average molecular weight is 316 g/mol. The molecule has 1 aromatic carbocycles. The minimum absolute atomic E-state index is 0.0927. The summed E-state index contributed by atoms with van der Waals surface area (Å²) in [5.74, 6) is 0.0332. The quantitative estimate of drug-likeness (QED) is 0.779. The molecule has 1 aromatic heterocycles. The largest absolute Gasteiger partial charge is 0.391 e. The summed E-state index contributed by atoms with van der Waals surface area (Å²) < 4.78 is 1.50. The van der Waals surface area contributed by atoms with Crippen LogP contribution in [0.5, 0.6) is 0 Å². The van der Waals surface area contributed by atoms with Crippen molar-refractivity contribution < 1.29 is 9.90 Å². The normalized spacial score (nSPS) is 12.3. The fourth-order valence-corrected chi connectivity index (χ4v) is 2.54. The summed E-state index contributed by atoms with van der Waals surface area (Å²) in [6.45, 7) is 4.44. The van der Waals surface area contributed by atoms with Crippen LogP contribution in [0.4, 0.5) is 0 Å². The van der Waals surface area contributed by atoms with Crippen molar-refractivity contribution in [3.63, 3.8) is 0 Å². The fraction of sp³-hybridized carbons (Fsp3) is 0.471. The zero-order valence-corrected chi connectivity index (χ0v) is 13.6. The molecule has 124 valence electrons. The van der Waals surface area contributed by atoms with Gasteiger partial charge in [0.05, 0.1) is 12.3 Å². The van der Waals surface area contributed by atoms with Crippen LogP contribution >= 0.6 is 0 Å². The van der Waals surface area contributed by atoms with E-state index in [0.29, 0.717) is 0 Å². The highest BCUT2D eigenvalue weighted by Gasteiger charge is 2.16. The van der Waals surface area contributed by atoms with E-state index in [-0.39, 0.29) is 24.9 Å². The van der Waals surface area contributed by atoms with Gasteiger partial charge in [0.2, 0.25) is 5.91 Å². The van der Waals surface area contributed by atoms with E-state index >= 15 is 0 Å². The molecule has 0 aliphatic rings. The summed E-state index contributed by atoms with van der Waals surface area (Å²) in [5.41, 5.74) is 1.69. The number of hydrogen-bond donors (Lipinski definition) is 2. The topological polar surface area (TPSA) is 80.0 Å². The number of amides is 1. The lowest BCUT2D eigenvalue weighted by Gasteiger charge is -2.20. The molecule has 2 aromatic rings. The Hall–Kier alpha value is -2.21. The molecule has 0 saturated heterocycles. The molecule has 1 heterocycles. The van der Waals surface area contributed by atoms with E-state index in [0.717, 1.165) is 24.1 Å². The van der Waals surface area contributed by atoms with Gasteiger partial charge in [-0.1, -0.05) is 62.2 Å². The Morgan fingerprint density at radius 2 is 1.96 bits per heavy atom. The van der Waals surface area contributed by atoms with Gasteiger partial charge in [0.25, 0.3) is 0 Å². The summed E-state index contributed by atoms with van der Waals surface area (Å²) in [5, 5.41) is 20.8. The smallest absolute Gasteiger partial charge is 0.241 e. The van der Waals surface area contributed by atoms with Crippen molar-refractivity contribution >= 4 is 5.91 Å². The number of carbonyl (C=O) groups is 1. The van der Waals surface area contributed by atoms with Crippen molar-refractivity contribution in [2.45, 2.75) is 39.3 Å². The first-order valence-corrected chi connectivity index (χ1v) is 8.04. The molecule has 0 aliphatic carbocycles. The van der Waals surface area contributed by atoms with Gasteiger partial charge >= 0.3 is 0 Å². The Morgan fingerprint density at radius 1 is 1.26 bits per heavy atom. The fourth-order valence-electron chi connectivity index (χ4n) is 2.54. The first-order chi connectivity index (χ1) is 11.1. The first-order valence-electron chi connectivity index (χ1n) is 8.04. The van der Waals surface area contributed by atoms with Gasteiger partial charge in [-0.3, -0.25) is 4.79 Å². The highest BCUT2D eigenvalue weighted by Crippen LogP contribution is 2.14. The number of aliphatic hydroxyl groups excluding tert-OH is 1. The molecule has 1 atom stereocenters. The summed E-state index contributed by atoms with van der Waals surface area (Å²) in [6.07, 6.45) is 3.03. The highest BCUT2D eigenvalue weighted by atomic mass is 16.3. The summed E-state index contributed by atoms with van der Waals surface area (Å²) in [6, 6.07) is 9.69. The van der Waals surface area contributed by atoms with Crippen LogP contribution in [0.25, 0.3) is 11.3 Å². The summed E-state index contributed by atoms with van der Waals surface area (Å²) >= 11 is 0. The molecule has 0 bridgehead atoms. The van der Waals surface area contributed by atoms with Crippen LogP contribution in [0.2, 0.25) is 0 Å². The molecule has 1 unspecified atom stereocenters. The van der Waals surface area contributed by atoms with Gasteiger partial charge in [-0.2, -0.15) is 0 Å². The number of hydrogen-bond acceptors (Lipinski definition) is 4. The monoisotopic (exact) mass is 316 g/mol. The number of rotatable bonds is 8. The maximum absolute atomic E-state index is 12.0. The minimum Gasteiger partial charge on any atom is -0.391 e. The minimum atomic E-state index is -0.510. The molecule has 0 fully saturated rings. The SMILES string of the molecule is CCC(CC)C(O)CNC(=O)Cn1cc(-c2ccccc2)nn1. The number of nitrogens with one attached hydrogen (secondary N) is 1. The van der Waals surface area contributed by atoms with E-state index in [4.69, 9.17) is 0 Å². The predicted octanol–water partition coefficient (Wildman–Crippen LogP) is 1.86. The van der Waals surface area contributed by atoms with Crippen LogP contribution in [0.1, 0.15) is 26.7 Å². The number of aliphatic hydroxyl groups is 1. The zero-order chi connectivity index (χ0) is 16.7. The molecule has 2 rings (SSSR count). The third kappa shape index (κ3) is 4.89. The molecule has 0 spiro atoms. The summed E-state index contributed by atoms with van der Waals surface area (Å²) in [4.78, 5) is 12.0. The Labute approximate surface area is 136 Å². The molecule has 0 radical (unpaired) electrons. The number of aromatic nitrogens is 3. The molecular formula is C17H24N4O2. The molecule has 6 heteroatoms. The second-order valence-electron chi connectivity index (χ2n) is 5.62. The third-order valence-corrected chi connectivity index (χ3v) is 4.02. The number of nitrogens with zero attached hydrogens (tertiary/aromatic N) is 3. The van der Waals surface area contributed by atoms with E-state index in [1.165, 1.54) is 4.68 Å². The van der Waals surface area contributed by atoms with Gasteiger partial charge < -0.3 is 10.4 Å². The van der Waals surface area contributed by atoms with Crippen molar-refractivity contribution in [3.05, 3.63) is 36.5 Å². The van der Waals surface area contributed by atoms with Crippen molar-refractivity contribution in [2.75, 3.05) is 6.54 Å². The van der Waals surface area contributed by atoms with Gasteiger partial charge in [-0.15, -0.1) is 5.10 Å². The first kappa shape index (κ1) is 17.1. The Bertz CT molecular complexity index is 608. The van der Waals surface area contributed by atoms with Crippen LogP contribution < -0.4 is 5.32 Å². The van der Waals surface area contributed by atoms with Gasteiger partial charge in [-0.05, 0) is 5.92 Å². The van der Waals surface area contributed by atoms with Crippen LogP contribution in [0.3, 0.4) is 0 Å². The van der Waals surface area contributed by atoms with E-state index < -0.39 is 6.10 Å². The molecule has 23 heavy (non-hydrogen) atoms. The van der Waals surface area contributed by atoms with Gasteiger partial charge in [0, 0.05) is 12.1 Å². The zero-order valence-electron chi connectivity index (χ0n) is 13.6. The molecular weight excluding hydrogens is 292 g/mol. The maximum atomic E-state index is 12.0. The molecule has 1 amide bonds. The van der Waals surface area contributed by atoms with Crippen LogP contribution in [-0.4, -0.2) is 38.7 Å². The van der Waals surface area contributed by atoms with Gasteiger partial charge in [-0.25, -0.2) is 4.68 Å². The Morgan fingerprint density at radius 3 is 2.61 bits per heavy atom. The number of benzene rings is 1. The maximum Gasteiger partial charge on any atom is 0.241 e. The summed E-state index contributed by atoms with van der Waals surface area (Å²) in [7, 11) is 0. The van der Waals surface area contributed by atoms with E-state index in [2.05, 4.69) is 15.6 Å². The van der Waals surface area contributed by atoms with Crippen molar-refractivity contribution in [1.29, 1.82) is 0 Å². The lowest BCUT2D eigenvalue weighted by atomic mass is 9.96. The Kier molecular flexibility index (Phi) is 6.29.